The highest BCUT2D eigenvalue weighted by molar-refractivity contribution is 7.31. The zero-order valence-corrected chi connectivity index (χ0v) is 8.21. The predicted octanol–water partition coefficient (Wildman–Crippen LogP) is -0.928. The summed E-state index contributed by atoms with van der Waals surface area (Å²) in [6.45, 7) is 2.24. The summed E-state index contributed by atoms with van der Waals surface area (Å²) in [6, 6.07) is 0. The second-order valence-corrected chi connectivity index (χ2v) is 3.79. The van der Waals surface area contributed by atoms with Gasteiger partial charge in [-0.3, -0.25) is 0 Å². The number of ether oxygens (including phenoxy) is 2. The van der Waals surface area contributed by atoms with Crippen molar-refractivity contribution in [3.63, 3.8) is 0 Å². The van der Waals surface area contributed by atoms with Crippen LogP contribution in [0, 0.1) is 0 Å². The van der Waals surface area contributed by atoms with Gasteiger partial charge < -0.3 is 24.2 Å². The lowest BCUT2D eigenvalue weighted by Crippen LogP contribution is -2.54. The van der Waals surface area contributed by atoms with Crippen molar-refractivity contribution < 1.29 is 24.2 Å². The van der Waals surface area contributed by atoms with Gasteiger partial charge in [-0.15, -0.1) is 0 Å². The van der Waals surface area contributed by atoms with Gasteiger partial charge in [0.1, 0.15) is 24.4 Å². The Hall–Kier alpha value is 0.230. The third-order valence-corrected chi connectivity index (χ3v) is 2.83. The zero-order valence-electron chi connectivity index (χ0n) is 7.21. The van der Waals surface area contributed by atoms with Gasteiger partial charge in [0.05, 0.1) is 6.61 Å². The van der Waals surface area contributed by atoms with Crippen molar-refractivity contribution in [1.82, 2.24) is 0 Å². The van der Waals surface area contributed by atoms with Gasteiger partial charge >= 0.3 is 0 Å². The van der Waals surface area contributed by atoms with Gasteiger partial charge in [-0.05, 0) is 6.66 Å². The molecule has 0 saturated carbocycles. The minimum atomic E-state index is -1.000. The molecule has 2 aliphatic heterocycles. The minimum Gasteiger partial charge on any atom is -0.387 e. The maximum Gasteiger partial charge on any atom is 0.186 e. The van der Waals surface area contributed by atoms with Crippen LogP contribution in [0.3, 0.4) is 0 Å². The summed E-state index contributed by atoms with van der Waals surface area (Å²) in [5, 5.41) is 19.1. The van der Waals surface area contributed by atoms with Crippen LogP contribution in [-0.4, -0.2) is 54.2 Å². The standard InChI is InChI=1S/C7H13O5P/c1-13-12-6-3-2-10-7(11-3)5(9)4(6)8/h3-9,13H,2H2,1H3/t3?,4?,5-,6-,7-/m0/s1. The zero-order chi connectivity index (χ0) is 9.42. The number of aliphatic hydroxyl groups excluding tert-OH is 2. The molecule has 6 atom stereocenters. The molecule has 5 nitrogen and oxygen atoms in total. The molecule has 2 N–H and O–H groups in total. The van der Waals surface area contributed by atoms with Crippen molar-refractivity contribution in [2.24, 2.45) is 0 Å². The smallest absolute Gasteiger partial charge is 0.186 e. The SMILES string of the molecule is CPO[C@H]1C2CO[C@@H](O2)[C@@H](O)C1O. The van der Waals surface area contributed by atoms with Gasteiger partial charge in [-0.25, -0.2) is 0 Å². The molecule has 2 aliphatic rings. The normalized spacial score (nSPS) is 50.5. The van der Waals surface area contributed by atoms with Gasteiger partial charge in [0.2, 0.25) is 0 Å². The molecule has 76 valence electrons. The summed E-state index contributed by atoms with van der Waals surface area (Å²) >= 11 is 0. The molecule has 3 unspecified atom stereocenters. The van der Waals surface area contributed by atoms with Crippen LogP contribution in [0.1, 0.15) is 0 Å². The Bertz CT molecular complexity index is 190. The van der Waals surface area contributed by atoms with Crippen LogP contribution in [0.25, 0.3) is 0 Å². The second-order valence-electron chi connectivity index (χ2n) is 3.14. The summed E-state index contributed by atoms with van der Waals surface area (Å²) in [6.07, 6.45) is -3.29. The average Bonchev–Trinajstić information content (AvgIpc) is 2.56. The Morgan fingerprint density at radius 2 is 2.15 bits per heavy atom. The Morgan fingerprint density at radius 3 is 2.85 bits per heavy atom. The van der Waals surface area contributed by atoms with E-state index in [1.165, 1.54) is 0 Å². The predicted molar refractivity (Wildman–Crippen MR) is 45.7 cm³/mol. The third-order valence-electron chi connectivity index (χ3n) is 2.32. The number of rotatable bonds is 2. The first kappa shape index (κ1) is 9.77. The second kappa shape index (κ2) is 3.77. The molecule has 13 heavy (non-hydrogen) atoms. The van der Waals surface area contributed by atoms with Crippen LogP contribution in [0.4, 0.5) is 0 Å². The van der Waals surface area contributed by atoms with E-state index in [4.69, 9.17) is 14.0 Å². The van der Waals surface area contributed by atoms with Crippen molar-refractivity contribution >= 4 is 8.81 Å². The van der Waals surface area contributed by atoms with Crippen LogP contribution in [0.2, 0.25) is 0 Å². The van der Waals surface area contributed by atoms with Gasteiger partial charge in [0, 0.05) is 8.81 Å². The molecule has 2 heterocycles. The third kappa shape index (κ3) is 1.61. The molecule has 0 aromatic rings. The largest absolute Gasteiger partial charge is 0.387 e. The Morgan fingerprint density at radius 1 is 1.38 bits per heavy atom. The topological polar surface area (TPSA) is 68.2 Å². The molecule has 2 fully saturated rings. The van der Waals surface area contributed by atoms with E-state index < -0.39 is 24.6 Å². The molecule has 0 aliphatic carbocycles. The van der Waals surface area contributed by atoms with E-state index in [-0.39, 0.29) is 14.9 Å². The highest BCUT2D eigenvalue weighted by atomic mass is 31.1. The van der Waals surface area contributed by atoms with Crippen molar-refractivity contribution in [3.05, 3.63) is 0 Å². The van der Waals surface area contributed by atoms with Crippen molar-refractivity contribution in [3.8, 4) is 0 Å². The Balaban J connectivity index is 2.08. The Labute approximate surface area is 77.8 Å². The fourth-order valence-corrected chi connectivity index (χ4v) is 2.21. The molecular formula is C7H13O5P. The maximum atomic E-state index is 9.62. The van der Waals surface area contributed by atoms with E-state index in [1.54, 1.807) is 0 Å². The molecule has 0 radical (unpaired) electrons. The van der Waals surface area contributed by atoms with Gasteiger partial charge in [-0.1, -0.05) is 0 Å². The lowest BCUT2D eigenvalue weighted by molar-refractivity contribution is -0.221. The highest BCUT2D eigenvalue weighted by Crippen LogP contribution is 2.32. The first-order valence-electron chi connectivity index (χ1n) is 4.19. The number of fused-ring (bicyclic) bond motifs is 2. The fourth-order valence-electron chi connectivity index (χ4n) is 1.65. The average molecular weight is 208 g/mol. The van der Waals surface area contributed by atoms with E-state index in [9.17, 15) is 10.2 Å². The van der Waals surface area contributed by atoms with E-state index >= 15 is 0 Å². The molecule has 2 rings (SSSR count). The van der Waals surface area contributed by atoms with E-state index in [1.807, 2.05) is 6.66 Å². The van der Waals surface area contributed by atoms with Gasteiger partial charge in [0.15, 0.2) is 6.29 Å². The molecular weight excluding hydrogens is 195 g/mol. The van der Waals surface area contributed by atoms with Crippen LogP contribution in [-0.2, 0) is 14.0 Å². The summed E-state index contributed by atoms with van der Waals surface area (Å²) in [4.78, 5) is 0. The Kier molecular flexibility index (Phi) is 2.83. The first-order chi connectivity index (χ1) is 6.24. The first-order valence-corrected chi connectivity index (χ1v) is 5.60. The van der Waals surface area contributed by atoms with Crippen molar-refractivity contribution in [2.75, 3.05) is 13.3 Å². The van der Waals surface area contributed by atoms with E-state index in [2.05, 4.69) is 0 Å². The van der Waals surface area contributed by atoms with E-state index in [0.717, 1.165) is 0 Å². The maximum absolute atomic E-state index is 9.62. The van der Waals surface area contributed by atoms with Gasteiger partial charge in [0.25, 0.3) is 0 Å². The summed E-state index contributed by atoms with van der Waals surface area (Å²) < 4.78 is 15.7. The lowest BCUT2D eigenvalue weighted by atomic mass is 10.0. The quantitative estimate of drug-likeness (QED) is 0.574. The molecule has 0 aromatic heterocycles. The minimum absolute atomic E-state index is 0.240. The molecule has 0 spiro atoms. The molecule has 6 heteroatoms. The van der Waals surface area contributed by atoms with Crippen LogP contribution in [0.5, 0.6) is 0 Å². The summed E-state index contributed by atoms with van der Waals surface area (Å²) in [5.41, 5.74) is 0. The van der Waals surface area contributed by atoms with Crippen molar-refractivity contribution in [1.29, 1.82) is 0 Å². The lowest BCUT2D eigenvalue weighted by Gasteiger charge is -2.34. The number of aliphatic hydroxyl groups is 2. The van der Waals surface area contributed by atoms with E-state index in [0.29, 0.717) is 6.61 Å². The van der Waals surface area contributed by atoms with Crippen LogP contribution >= 0.6 is 8.81 Å². The monoisotopic (exact) mass is 208 g/mol. The fraction of sp³-hybridized carbons (Fsp3) is 1.00. The molecule has 0 amide bonds. The van der Waals surface area contributed by atoms with Crippen LogP contribution < -0.4 is 0 Å². The molecule has 0 aromatic carbocycles. The summed E-state index contributed by atoms with van der Waals surface area (Å²) in [5.74, 6) is 0. The van der Waals surface area contributed by atoms with Crippen LogP contribution in [0.15, 0.2) is 0 Å². The van der Waals surface area contributed by atoms with Gasteiger partial charge in [-0.2, -0.15) is 0 Å². The highest BCUT2D eigenvalue weighted by Gasteiger charge is 2.50. The molecule has 2 bridgehead atoms. The number of hydrogen-bond donors (Lipinski definition) is 2. The number of hydrogen-bond acceptors (Lipinski definition) is 5. The summed E-state index contributed by atoms with van der Waals surface area (Å²) in [7, 11) is 0.265. The molecule has 2 saturated heterocycles. The van der Waals surface area contributed by atoms with Crippen molar-refractivity contribution in [2.45, 2.75) is 30.7 Å².